The molecule has 2 aromatic carbocycles. The average molecular weight is 372 g/mol. The first-order valence-corrected chi connectivity index (χ1v) is 8.38. The van der Waals surface area contributed by atoms with Gasteiger partial charge in [0.25, 0.3) is 0 Å². The third-order valence-corrected chi connectivity index (χ3v) is 4.07. The van der Waals surface area contributed by atoms with Gasteiger partial charge >= 0.3 is 5.69 Å². The highest BCUT2D eigenvalue weighted by Gasteiger charge is 2.14. The zero-order valence-corrected chi connectivity index (χ0v) is 14.8. The Morgan fingerprint density at radius 3 is 2.41 bits per heavy atom. The molecule has 1 heterocycles. The largest absolute Gasteiger partial charge is 0.323 e. The minimum absolute atomic E-state index is 0.0747. The number of nitrogens with zero attached hydrogens (tertiary/aromatic N) is 2. The number of aromatic nitrogens is 2. The number of aromatic amines is 2. The van der Waals surface area contributed by atoms with E-state index >= 15 is 0 Å². The molecule has 0 saturated carbocycles. The molecular weight excluding hydrogens is 354 g/mol. The summed E-state index contributed by atoms with van der Waals surface area (Å²) in [7, 11) is 0. The van der Waals surface area contributed by atoms with Crippen molar-refractivity contribution in [2.45, 2.75) is 20.3 Å². The minimum Gasteiger partial charge on any atom is -0.306 e. The van der Waals surface area contributed by atoms with Gasteiger partial charge in [0.1, 0.15) is 11.6 Å². The highest BCUT2D eigenvalue weighted by molar-refractivity contribution is 5.99. The Balaban J connectivity index is 1.80. The third-order valence-electron chi connectivity index (χ3n) is 4.07. The van der Waals surface area contributed by atoms with Crippen molar-refractivity contribution in [2.75, 3.05) is 6.54 Å². The monoisotopic (exact) mass is 372 g/mol. The molecule has 0 aliphatic rings. The maximum Gasteiger partial charge on any atom is 0.323 e. The van der Waals surface area contributed by atoms with E-state index in [9.17, 15) is 18.4 Å². The SMILES string of the molecule is CCN(/N=C(\C)c1cc(F)cc(F)c1)C(=O)Cc1ccc2[nH]c(=O)[nH]c2c1. The summed E-state index contributed by atoms with van der Waals surface area (Å²) in [6, 6.07) is 8.29. The van der Waals surface area contributed by atoms with Gasteiger partial charge in [0.05, 0.1) is 23.2 Å². The lowest BCUT2D eigenvalue weighted by Crippen LogP contribution is -2.28. The van der Waals surface area contributed by atoms with E-state index in [1.165, 1.54) is 5.01 Å². The zero-order valence-electron chi connectivity index (χ0n) is 14.8. The molecule has 3 rings (SSSR count). The summed E-state index contributed by atoms with van der Waals surface area (Å²) < 4.78 is 26.8. The molecule has 8 heteroatoms. The predicted molar refractivity (Wildman–Crippen MR) is 98.6 cm³/mol. The number of benzene rings is 2. The van der Waals surface area contributed by atoms with Crippen LogP contribution in [0.5, 0.6) is 0 Å². The van der Waals surface area contributed by atoms with Crippen LogP contribution in [0.1, 0.15) is 25.0 Å². The number of rotatable bonds is 5. The van der Waals surface area contributed by atoms with E-state index in [2.05, 4.69) is 15.1 Å². The lowest BCUT2D eigenvalue weighted by Gasteiger charge is -2.16. The van der Waals surface area contributed by atoms with Crippen molar-refractivity contribution in [2.24, 2.45) is 5.10 Å². The van der Waals surface area contributed by atoms with Gasteiger partial charge in [-0.15, -0.1) is 0 Å². The third kappa shape index (κ3) is 4.28. The van der Waals surface area contributed by atoms with Gasteiger partial charge in [0, 0.05) is 18.2 Å². The second kappa shape index (κ2) is 7.53. The maximum atomic E-state index is 13.4. The summed E-state index contributed by atoms with van der Waals surface area (Å²) in [6.07, 6.45) is 0.0747. The molecule has 0 spiro atoms. The molecule has 0 saturated heterocycles. The Morgan fingerprint density at radius 2 is 1.74 bits per heavy atom. The summed E-state index contributed by atoms with van der Waals surface area (Å²) in [4.78, 5) is 29.2. The Kier molecular flexibility index (Phi) is 5.16. The van der Waals surface area contributed by atoms with Gasteiger partial charge in [-0.25, -0.2) is 18.6 Å². The molecule has 1 aromatic heterocycles. The number of H-pyrrole nitrogens is 2. The molecule has 0 bridgehead atoms. The Labute approximate surface area is 153 Å². The van der Waals surface area contributed by atoms with E-state index in [1.54, 1.807) is 32.0 Å². The lowest BCUT2D eigenvalue weighted by atomic mass is 10.1. The van der Waals surface area contributed by atoms with E-state index < -0.39 is 11.6 Å². The van der Waals surface area contributed by atoms with Gasteiger partial charge in [-0.3, -0.25) is 4.79 Å². The van der Waals surface area contributed by atoms with Crippen LogP contribution >= 0.6 is 0 Å². The van der Waals surface area contributed by atoms with Crippen LogP contribution in [0, 0.1) is 11.6 Å². The molecule has 0 aliphatic heterocycles. The smallest absolute Gasteiger partial charge is 0.306 e. The molecule has 0 aliphatic carbocycles. The summed E-state index contributed by atoms with van der Waals surface area (Å²) in [6.45, 7) is 3.64. The van der Waals surface area contributed by atoms with Crippen LogP contribution < -0.4 is 5.69 Å². The summed E-state index contributed by atoms with van der Waals surface area (Å²) in [5.74, 6) is -1.68. The fourth-order valence-corrected chi connectivity index (χ4v) is 2.76. The van der Waals surface area contributed by atoms with Crippen LogP contribution in [0.4, 0.5) is 8.78 Å². The lowest BCUT2D eigenvalue weighted by molar-refractivity contribution is -0.130. The molecule has 140 valence electrons. The van der Waals surface area contributed by atoms with Crippen molar-refractivity contribution in [3.63, 3.8) is 0 Å². The summed E-state index contributed by atoms with van der Waals surface area (Å²) in [5.41, 5.74) is 2.27. The highest BCUT2D eigenvalue weighted by Crippen LogP contribution is 2.13. The zero-order chi connectivity index (χ0) is 19.6. The summed E-state index contributed by atoms with van der Waals surface area (Å²) >= 11 is 0. The molecule has 2 N–H and O–H groups in total. The van der Waals surface area contributed by atoms with Gasteiger partial charge in [-0.2, -0.15) is 5.10 Å². The van der Waals surface area contributed by atoms with Crippen LogP contribution in [-0.2, 0) is 11.2 Å². The molecule has 0 unspecified atom stereocenters. The van der Waals surface area contributed by atoms with E-state index in [0.29, 0.717) is 28.9 Å². The first-order chi connectivity index (χ1) is 12.9. The van der Waals surface area contributed by atoms with Gasteiger partial charge < -0.3 is 9.97 Å². The number of amides is 1. The van der Waals surface area contributed by atoms with Crippen molar-refractivity contribution in [3.05, 3.63) is 69.6 Å². The number of carbonyl (C=O) groups is 1. The number of hydrazone groups is 1. The van der Waals surface area contributed by atoms with Crippen molar-refractivity contribution in [1.29, 1.82) is 0 Å². The number of fused-ring (bicyclic) bond motifs is 1. The molecule has 3 aromatic rings. The van der Waals surface area contributed by atoms with Crippen molar-refractivity contribution in [1.82, 2.24) is 15.0 Å². The molecule has 27 heavy (non-hydrogen) atoms. The molecule has 0 atom stereocenters. The minimum atomic E-state index is -0.706. The van der Waals surface area contributed by atoms with E-state index in [-0.39, 0.29) is 23.6 Å². The van der Waals surface area contributed by atoms with Gasteiger partial charge in [-0.1, -0.05) is 6.07 Å². The molecule has 6 nitrogen and oxygen atoms in total. The standard InChI is InChI=1S/C19H18F2N4O2/c1-3-25(24-11(2)13-8-14(20)10-15(21)9-13)18(26)7-12-4-5-16-17(6-12)23-19(27)22-16/h4-6,8-10H,3,7H2,1-2H3,(H2,22,23,27)/b24-11+. The molecule has 1 amide bonds. The van der Waals surface area contributed by atoms with E-state index in [1.807, 2.05) is 0 Å². The molecule has 0 fully saturated rings. The van der Waals surface area contributed by atoms with Gasteiger partial charge in [-0.05, 0) is 43.7 Å². The number of nitrogens with one attached hydrogen (secondary N) is 2. The number of halogens is 2. The van der Waals surface area contributed by atoms with Crippen LogP contribution in [0.25, 0.3) is 11.0 Å². The predicted octanol–water partition coefficient (Wildman–Crippen LogP) is 2.95. The van der Waals surface area contributed by atoms with Crippen molar-refractivity contribution < 1.29 is 13.6 Å². The highest BCUT2D eigenvalue weighted by atomic mass is 19.1. The number of likely N-dealkylation sites (N-methyl/N-ethyl adjacent to an activating group) is 1. The number of hydrogen-bond donors (Lipinski definition) is 2. The van der Waals surface area contributed by atoms with Crippen LogP contribution in [0.3, 0.4) is 0 Å². The average Bonchev–Trinajstić information content (AvgIpc) is 2.97. The van der Waals surface area contributed by atoms with E-state index in [0.717, 1.165) is 18.2 Å². The number of carbonyl (C=O) groups excluding carboxylic acids is 1. The Hall–Kier alpha value is -3.29. The fourth-order valence-electron chi connectivity index (χ4n) is 2.76. The summed E-state index contributed by atoms with van der Waals surface area (Å²) in [5, 5.41) is 5.47. The second-order valence-corrected chi connectivity index (χ2v) is 6.09. The Bertz CT molecular complexity index is 1060. The quantitative estimate of drug-likeness (QED) is 0.533. The van der Waals surface area contributed by atoms with Crippen LogP contribution in [-0.4, -0.2) is 33.1 Å². The normalized spacial score (nSPS) is 11.8. The van der Waals surface area contributed by atoms with Crippen LogP contribution in [0.15, 0.2) is 46.3 Å². The number of hydrogen-bond acceptors (Lipinski definition) is 3. The first-order valence-electron chi connectivity index (χ1n) is 8.38. The van der Waals surface area contributed by atoms with E-state index in [4.69, 9.17) is 0 Å². The van der Waals surface area contributed by atoms with Crippen LogP contribution in [0.2, 0.25) is 0 Å². The fraction of sp³-hybridized carbons (Fsp3) is 0.211. The van der Waals surface area contributed by atoms with Crippen molar-refractivity contribution >= 4 is 22.7 Å². The molecule has 0 radical (unpaired) electrons. The Morgan fingerprint density at radius 1 is 1.07 bits per heavy atom. The van der Waals surface area contributed by atoms with Crippen molar-refractivity contribution in [3.8, 4) is 0 Å². The first kappa shape index (κ1) is 18.5. The maximum absolute atomic E-state index is 13.4. The molecular formula is C19H18F2N4O2. The number of imidazole rings is 1. The second-order valence-electron chi connectivity index (χ2n) is 6.09. The topological polar surface area (TPSA) is 81.3 Å². The van der Waals surface area contributed by atoms with Gasteiger partial charge in [0.2, 0.25) is 5.91 Å². The van der Waals surface area contributed by atoms with Gasteiger partial charge in [0.15, 0.2) is 0 Å².